The van der Waals surface area contributed by atoms with Gasteiger partial charge in [-0.15, -0.1) is 0 Å². The average molecular weight is 253 g/mol. The molecule has 0 N–H and O–H groups in total. The topological polar surface area (TPSA) is 17.1 Å². The maximum atomic E-state index is 8.26. The van der Waals surface area contributed by atoms with Crippen LogP contribution in [0.25, 0.3) is 0 Å². The van der Waals surface area contributed by atoms with E-state index in [2.05, 4.69) is 0 Å². The van der Waals surface area contributed by atoms with Gasteiger partial charge in [0.25, 0.3) is 0 Å². The molecule has 0 rings (SSSR count). The summed E-state index contributed by atoms with van der Waals surface area (Å²) >= 11 is 0.700. The largest absolute Gasteiger partial charge is 0 e. The zero-order chi connectivity index (χ0) is 2.00. The minimum absolute atomic E-state index is 0. The molecule has 0 fully saturated rings. The molecule has 0 aliphatic carbocycles. The van der Waals surface area contributed by atoms with Crippen molar-refractivity contribution in [3.8, 4) is 0 Å². The van der Waals surface area contributed by atoms with E-state index in [-0.39, 0.29) is 64.0 Å². The van der Waals surface area contributed by atoms with Crippen molar-refractivity contribution < 1.29 is 41.7 Å². The molecule has 0 unspecified atom stereocenters. The molecule has 0 amide bonds. The predicted octanol–water partition coefficient (Wildman–Crippen LogP) is -1.04. The SMILES string of the molecule is [O]=[Mo].[SrH2].[V]. The Morgan fingerprint density at radius 3 is 1.25 bits per heavy atom. The van der Waals surface area contributed by atoms with Crippen LogP contribution in [0, 0.1) is 0 Å². The molecule has 4 heteroatoms. The van der Waals surface area contributed by atoms with Gasteiger partial charge in [0.2, 0.25) is 0 Å². The number of hydrogen-bond acceptors (Lipinski definition) is 1. The Bertz CT molecular complexity index is 8.00. The van der Waals surface area contributed by atoms with Gasteiger partial charge in [-0.05, 0) is 0 Å². The van der Waals surface area contributed by atoms with Gasteiger partial charge in [-0.25, -0.2) is 0 Å². The normalized spacial score (nSPS) is 1.00. The van der Waals surface area contributed by atoms with E-state index in [0.717, 1.165) is 0 Å². The van der Waals surface area contributed by atoms with Crippen LogP contribution in [0.3, 0.4) is 0 Å². The zero-order valence-electron chi connectivity index (χ0n) is 1.26. The van der Waals surface area contributed by atoms with Crippen LogP contribution in [-0.4, -0.2) is 45.5 Å². The van der Waals surface area contributed by atoms with Gasteiger partial charge in [0.1, 0.15) is 0 Å². The summed E-state index contributed by atoms with van der Waals surface area (Å²) < 4.78 is 8.26. The number of hydrogen-bond donors (Lipinski definition) is 0. The third-order valence-corrected chi connectivity index (χ3v) is 0. The van der Waals surface area contributed by atoms with E-state index in [9.17, 15) is 0 Å². The minimum Gasteiger partial charge on any atom is 0 e. The molecule has 0 aromatic heterocycles. The van der Waals surface area contributed by atoms with E-state index in [1.807, 2.05) is 0 Å². The first kappa shape index (κ1) is 16.0. The summed E-state index contributed by atoms with van der Waals surface area (Å²) in [4.78, 5) is 0. The standard InChI is InChI=1S/Mo.O.Sr.V.2H. The molecular weight excluding hydrogens is 251 g/mol. The first-order valence-corrected chi connectivity index (χ1v) is 0.986. The summed E-state index contributed by atoms with van der Waals surface area (Å²) in [5.41, 5.74) is 0. The zero-order valence-corrected chi connectivity index (χ0v) is 4.67. The monoisotopic (exact) mass is 255 g/mol. The van der Waals surface area contributed by atoms with Crippen LogP contribution in [0.1, 0.15) is 0 Å². The van der Waals surface area contributed by atoms with Crippen molar-refractivity contribution in [3.05, 3.63) is 0 Å². The van der Waals surface area contributed by atoms with Crippen LogP contribution in [0.15, 0.2) is 0 Å². The van der Waals surface area contributed by atoms with Gasteiger partial charge >= 0.3 is 68.7 Å². The van der Waals surface area contributed by atoms with Crippen molar-refractivity contribution in [1.82, 2.24) is 0 Å². The summed E-state index contributed by atoms with van der Waals surface area (Å²) in [5, 5.41) is 0. The molecule has 0 aliphatic rings. The van der Waals surface area contributed by atoms with Crippen molar-refractivity contribution in [3.63, 3.8) is 0 Å². The summed E-state index contributed by atoms with van der Waals surface area (Å²) in [6.45, 7) is 0. The van der Waals surface area contributed by atoms with Crippen LogP contribution in [0.4, 0.5) is 0 Å². The number of rotatable bonds is 0. The maximum Gasteiger partial charge on any atom is 0 e. The van der Waals surface area contributed by atoms with Gasteiger partial charge in [0.05, 0.1) is 0 Å². The van der Waals surface area contributed by atoms with E-state index in [1.165, 1.54) is 0 Å². The predicted molar refractivity (Wildman–Crippen MR) is 9.23 cm³/mol. The van der Waals surface area contributed by atoms with Gasteiger partial charge in [-0.1, -0.05) is 0 Å². The molecule has 0 aliphatic heterocycles. The van der Waals surface area contributed by atoms with Gasteiger partial charge in [-0.2, -0.15) is 0 Å². The summed E-state index contributed by atoms with van der Waals surface area (Å²) in [6.07, 6.45) is 0. The summed E-state index contributed by atoms with van der Waals surface area (Å²) in [5.74, 6) is 0. The fourth-order valence-corrected chi connectivity index (χ4v) is 0. The van der Waals surface area contributed by atoms with Gasteiger partial charge < -0.3 is 0 Å². The molecule has 0 spiro atoms. The Labute approximate surface area is 85.3 Å². The second-order valence-electron chi connectivity index (χ2n) is 0. The van der Waals surface area contributed by atoms with Crippen LogP contribution >= 0.6 is 0 Å². The van der Waals surface area contributed by atoms with E-state index in [4.69, 9.17) is 3.40 Å². The molecule has 1 nitrogen and oxygen atoms in total. The van der Waals surface area contributed by atoms with Crippen molar-refractivity contribution in [2.24, 2.45) is 0 Å². The third kappa shape index (κ3) is 8.82. The molecule has 0 atom stereocenters. The molecule has 0 aromatic rings. The second-order valence-corrected chi connectivity index (χ2v) is 0. The third-order valence-electron chi connectivity index (χ3n) is 0. The van der Waals surface area contributed by atoms with Crippen molar-refractivity contribution in [1.29, 1.82) is 0 Å². The molecular formula is H2MoOSrV. The quantitative estimate of drug-likeness (QED) is 0.504. The second kappa shape index (κ2) is 17.7. The Morgan fingerprint density at radius 2 is 1.25 bits per heavy atom. The first-order valence-electron chi connectivity index (χ1n) is 0.167. The maximum absolute atomic E-state index is 8.26. The summed E-state index contributed by atoms with van der Waals surface area (Å²) in [7, 11) is 0. The Morgan fingerprint density at radius 1 is 1.25 bits per heavy atom. The molecule has 0 saturated carbocycles. The fraction of sp³-hybridized carbons (Fsp3) is 0. The van der Waals surface area contributed by atoms with Crippen LogP contribution in [0.2, 0.25) is 0 Å². The molecule has 4 heavy (non-hydrogen) atoms. The van der Waals surface area contributed by atoms with Crippen LogP contribution in [0.5, 0.6) is 0 Å². The molecule has 21 valence electrons. The van der Waals surface area contributed by atoms with Crippen LogP contribution < -0.4 is 0 Å². The van der Waals surface area contributed by atoms with E-state index in [0.29, 0.717) is 19.8 Å². The molecule has 0 saturated heterocycles. The van der Waals surface area contributed by atoms with Crippen molar-refractivity contribution in [2.45, 2.75) is 0 Å². The molecule has 0 bridgehead atoms. The molecule has 0 heterocycles. The van der Waals surface area contributed by atoms with Crippen LogP contribution in [-0.2, 0) is 41.7 Å². The summed E-state index contributed by atoms with van der Waals surface area (Å²) in [6, 6.07) is 0. The Kier molecular flexibility index (Phi) is 70.7. The van der Waals surface area contributed by atoms with Crippen molar-refractivity contribution in [2.75, 3.05) is 0 Å². The Hall–Kier alpha value is 2.55. The molecule has 1 radical (unpaired) electrons. The van der Waals surface area contributed by atoms with Gasteiger partial charge in [-0.3, -0.25) is 0 Å². The molecule has 0 aromatic carbocycles. The minimum atomic E-state index is 0. The van der Waals surface area contributed by atoms with Gasteiger partial charge in [0.15, 0.2) is 0 Å². The van der Waals surface area contributed by atoms with Gasteiger partial charge in [0, 0.05) is 18.6 Å². The van der Waals surface area contributed by atoms with E-state index >= 15 is 0 Å². The van der Waals surface area contributed by atoms with E-state index < -0.39 is 0 Å². The fourth-order valence-electron chi connectivity index (χ4n) is 0. The smallest absolute Gasteiger partial charge is 0 e. The Balaban J connectivity index is -0.00000000500. The van der Waals surface area contributed by atoms with Crippen molar-refractivity contribution >= 4 is 45.5 Å². The first-order chi connectivity index (χ1) is 1.00. The average Bonchev–Trinajstić information content (AvgIpc) is 1.00. The van der Waals surface area contributed by atoms with E-state index in [1.54, 1.807) is 0 Å².